The highest BCUT2D eigenvalue weighted by atomic mass is 79.9. The summed E-state index contributed by atoms with van der Waals surface area (Å²) in [4.78, 5) is 28.5. The predicted octanol–water partition coefficient (Wildman–Crippen LogP) is 3.30. The Morgan fingerprint density at radius 2 is 2.17 bits per heavy atom. The van der Waals surface area contributed by atoms with Crippen LogP contribution in [0.5, 0.6) is 5.75 Å². The Bertz CT molecular complexity index is 1080. The molecule has 0 saturated carbocycles. The first kappa shape index (κ1) is 19.1. The number of nitrogens with zero attached hydrogens (tertiary/aromatic N) is 3. The molecule has 2 amide bonds. The molecule has 0 spiro atoms. The van der Waals surface area contributed by atoms with Crippen LogP contribution in [0.2, 0.25) is 0 Å². The van der Waals surface area contributed by atoms with Crippen molar-refractivity contribution in [3.8, 4) is 5.75 Å². The van der Waals surface area contributed by atoms with Gasteiger partial charge in [0, 0.05) is 15.7 Å². The molecular formula is C20H18BrN5O3. The van der Waals surface area contributed by atoms with Gasteiger partial charge >= 0.3 is 0 Å². The quantitative estimate of drug-likeness (QED) is 0.614. The first-order chi connectivity index (χ1) is 14.0. The summed E-state index contributed by atoms with van der Waals surface area (Å²) in [6, 6.07) is 12.6. The highest BCUT2D eigenvalue weighted by Gasteiger charge is 2.29. The van der Waals surface area contributed by atoms with Crippen LogP contribution in [0.3, 0.4) is 0 Å². The number of ether oxygens (including phenoxy) is 1. The third kappa shape index (κ3) is 4.14. The topological polar surface area (TPSA) is 98.1 Å². The molecule has 2 aromatic carbocycles. The van der Waals surface area contributed by atoms with E-state index in [1.165, 1.54) is 6.33 Å². The molecule has 0 fully saturated rings. The van der Waals surface area contributed by atoms with Gasteiger partial charge in [-0.3, -0.25) is 14.9 Å². The van der Waals surface area contributed by atoms with Crippen molar-refractivity contribution in [2.45, 2.75) is 19.4 Å². The average Bonchev–Trinajstić information content (AvgIpc) is 3.16. The Hall–Kier alpha value is -3.20. The fourth-order valence-corrected chi connectivity index (χ4v) is 3.71. The van der Waals surface area contributed by atoms with E-state index in [1.807, 2.05) is 43.3 Å². The second-order valence-corrected chi connectivity index (χ2v) is 7.55. The van der Waals surface area contributed by atoms with Gasteiger partial charge < -0.3 is 10.1 Å². The standard InChI is InChI=1S/C20H18BrN5O3/c1-12-8-13(21)6-7-15(12)24-19(28)10-29-17-5-3-2-4-14(17)16-9-18(27)25-20-22-11-23-26(16)20/h2-8,11,16H,9-10H2,1H3,(H,24,28)(H,22,23,25,27)/t16-/m1/s1. The zero-order valence-corrected chi connectivity index (χ0v) is 17.1. The van der Waals surface area contributed by atoms with E-state index in [9.17, 15) is 9.59 Å². The third-order valence-electron chi connectivity index (χ3n) is 4.60. The molecule has 0 radical (unpaired) electrons. The van der Waals surface area contributed by atoms with Crippen LogP contribution in [0.1, 0.15) is 23.6 Å². The van der Waals surface area contributed by atoms with Crippen molar-refractivity contribution >= 4 is 39.4 Å². The monoisotopic (exact) mass is 455 g/mol. The van der Waals surface area contributed by atoms with Gasteiger partial charge in [-0.2, -0.15) is 10.1 Å². The molecular weight excluding hydrogens is 438 g/mol. The summed E-state index contributed by atoms with van der Waals surface area (Å²) >= 11 is 3.41. The largest absolute Gasteiger partial charge is 0.483 e. The number of para-hydroxylation sites is 1. The van der Waals surface area contributed by atoms with Crippen LogP contribution < -0.4 is 15.4 Å². The molecule has 9 heteroatoms. The van der Waals surface area contributed by atoms with Gasteiger partial charge in [-0.05, 0) is 36.8 Å². The van der Waals surface area contributed by atoms with Gasteiger partial charge in [0.05, 0.1) is 12.5 Å². The fraction of sp³-hybridized carbons (Fsp3) is 0.200. The molecule has 3 aromatic rings. The van der Waals surface area contributed by atoms with E-state index in [0.29, 0.717) is 11.7 Å². The van der Waals surface area contributed by atoms with Crippen molar-refractivity contribution in [1.82, 2.24) is 14.8 Å². The number of carbonyl (C=O) groups is 2. The van der Waals surface area contributed by atoms with Crippen LogP contribution >= 0.6 is 15.9 Å². The number of fused-ring (bicyclic) bond motifs is 1. The van der Waals surface area contributed by atoms with Crippen molar-refractivity contribution in [3.05, 3.63) is 64.4 Å². The van der Waals surface area contributed by atoms with Crippen LogP contribution in [0.15, 0.2) is 53.3 Å². The van der Waals surface area contributed by atoms with Crippen LogP contribution in [0.4, 0.5) is 11.6 Å². The van der Waals surface area contributed by atoms with Crippen molar-refractivity contribution in [1.29, 1.82) is 0 Å². The van der Waals surface area contributed by atoms with Crippen molar-refractivity contribution < 1.29 is 14.3 Å². The summed E-state index contributed by atoms with van der Waals surface area (Å²) in [5.41, 5.74) is 2.44. The SMILES string of the molecule is Cc1cc(Br)ccc1NC(=O)COc1ccccc1[C@H]1CC(=O)Nc2ncnn21. The second kappa shape index (κ2) is 8.04. The molecule has 0 aliphatic carbocycles. The molecule has 29 heavy (non-hydrogen) atoms. The lowest BCUT2D eigenvalue weighted by molar-refractivity contribution is -0.118. The molecule has 1 aliphatic rings. The predicted molar refractivity (Wildman–Crippen MR) is 111 cm³/mol. The Labute approximate surface area is 175 Å². The van der Waals surface area contributed by atoms with Crippen LogP contribution in [-0.2, 0) is 9.59 Å². The van der Waals surface area contributed by atoms with Gasteiger partial charge in [-0.1, -0.05) is 34.1 Å². The molecule has 148 valence electrons. The van der Waals surface area contributed by atoms with E-state index in [0.717, 1.165) is 21.3 Å². The molecule has 2 heterocycles. The summed E-state index contributed by atoms with van der Waals surface area (Å²) in [6.07, 6.45) is 1.60. The number of hydrogen-bond acceptors (Lipinski definition) is 5. The summed E-state index contributed by atoms with van der Waals surface area (Å²) in [7, 11) is 0. The number of anilines is 2. The molecule has 4 rings (SSSR count). The first-order valence-electron chi connectivity index (χ1n) is 8.98. The molecule has 0 bridgehead atoms. The lowest BCUT2D eigenvalue weighted by atomic mass is 10.0. The number of hydrogen-bond donors (Lipinski definition) is 2. The van der Waals surface area contributed by atoms with Crippen molar-refractivity contribution in [2.75, 3.05) is 17.2 Å². The number of carbonyl (C=O) groups excluding carboxylic acids is 2. The zero-order valence-electron chi connectivity index (χ0n) is 15.6. The maximum absolute atomic E-state index is 12.4. The first-order valence-corrected chi connectivity index (χ1v) is 9.77. The van der Waals surface area contributed by atoms with Gasteiger partial charge in [-0.25, -0.2) is 4.68 Å². The van der Waals surface area contributed by atoms with Gasteiger partial charge in [0.1, 0.15) is 12.1 Å². The highest BCUT2D eigenvalue weighted by Crippen LogP contribution is 2.34. The zero-order chi connectivity index (χ0) is 20.4. The van der Waals surface area contributed by atoms with E-state index in [-0.39, 0.29) is 30.9 Å². The van der Waals surface area contributed by atoms with Gasteiger partial charge in [0.25, 0.3) is 5.91 Å². The van der Waals surface area contributed by atoms with Gasteiger partial charge in [-0.15, -0.1) is 0 Å². The minimum Gasteiger partial charge on any atom is -0.483 e. The smallest absolute Gasteiger partial charge is 0.262 e. The maximum Gasteiger partial charge on any atom is 0.262 e. The lowest BCUT2D eigenvalue weighted by Crippen LogP contribution is -2.29. The molecule has 0 unspecified atom stereocenters. The fourth-order valence-electron chi connectivity index (χ4n) is 3.23. The number of halogens is 1. The molecule has 1 atom stereocenters. The van der Waals surface area contributed by atoms with E-state index >= 15 is 0 Å². The highest BCUT2D eigenvalue weighted by molar-refractivity contribution is 9.10. The Morgan fingerprint density at radius 1 is 1.34 bits per heavy atom. The normalized spacial score (nSPS) is 15.4. The summed E-state index contributed by atoms with van der Waals surface area (Å²) in [5.74, 6) is 0.502. The number of benzene rings is 2. The number of aromatic nitrogens is 3. The van der Waals surface area contributed by atoms with E-state index < -0.39 is 0 Å². The summed E-state index contributed by atoms with van der Waals surface area (Å²) < 4.78 is 8.39. The molecule has 0 saturated heterocycles. The molecule has 2 N–H and O–H groups in total. The Balaban J connectivity index is 1.50. The van der Waals surface area contributed by atoms with Crippen LogP contribution in [-0.4, -0.2) is 33.2 Å². The lowest BCUT2D eigenvalue weighted by Gasteiger charge is -2.25. The van der Waals surface area contributed by atoms with Crippen molar-refractivity contribution in [2.24, 2.45) is 0 Å². The summed E-state index contributed by atoms with van der Waals surface area (Å²) in [6.45, 7) is 1.76. The Morgan fingerprint density at radius 3 is 3.00 bits per heavy atom. The minimum atomic E-state index is -0.353. The molecule has 1 aromatic heterocycles. The van der Waals surface area contributed by atoms with E-state index in [1.54, 1.807) is 10.7 Å². The maximum atomic E-state index is 12.4. The van der Waals surface area contributed by atoms with Gasteiger partial charge in [0.15, 0.2) is 6.61 Å². The second-order valence-electron chi connectivity index (χ2n) is 6.63. The third-order valence-corrected chi connectivity index (χ3v) is 5.09. The number of rotatable bonds is 5. The van der Waals surface area contributed by atoms with Crippen molar-refractivity contribution in [3.63, 3.8) is 0 Å². The minimum absolute atomic E-state index is 0.145. The van der Waals surface area contributed by atoms with E-state index in [4.69, 9.17) is 4.74 Å². The number of aryl methyl sites for hydroxylation is 1. The number of nitrogens with one attached hydrogen (secondary N) is 2. The van der Waals surface area contributed by atoms with Gasteiger partial charge in [0.2, 0.25) is 11.9 Å². The summed E-state index contributed by atoms with van der Waals surface area (Å²) in [5, 5.41) is 9.75. The molecule has 1 aliphatic heterocycles. The average molecular weight is 456 g/mol. The number of amides is 2. The van der Waals surface area contributed by atoms with Crippen LogP contribution in [0.25, 0.3) is 0 Å². The van der Waals surface area contributed by atoms with Crippen LogP contribution in [0, 0.1) is 6.92 Å². The Kier molecular flexibility index (Phi) is 5.30. The van der Waals surface area contributed by atoms with E-state index in [2.05, 4.69) is 36.6 Å². The molecule has 8 nitrogen and oxygen atoms in total.